The lowest BCUT2D eigenvalue weighted by molar-refractivity contribution is 0.538. The van der Waals surface area contributed by atoms with Crippen LogP contribution in [-0.2, 0) is 6.54 Å². The van der Waals surface area contributed by atoms with Crippen LogP contribution in [0.4, 0.5) is 0 Å². The summed E-state index contributed by atoms with van der Waals surface area (Å²) < 4.78 is 1.55. The Morgan fingerprint density at radius 1 is 1.45 bits per heavy atom. The van der Waals surface area contributed by atoms with Crippen molar-refractivity contribution in [3.05, 3.63) is 50.1 Å². The maximum Gasteiger partial charge on any atom is 0.271 e. The van der Waals surface area contributed by atoms with Crippen LogP contribution in [0.5, 0.6) is 0 Å². The zero-order valence-corrected chi connectivity index (χ0v) is 13.0. The third-order valence-corrected chi connectivity index (χ3v) is 4.19. The van der Waals surface area contributed by atoms with E-state index in [1.54, 1.807) is 16.0 Å². The molecule has 1 unspecified atom stereocenters. The van der Waals surface area contributed by atoms with Crippen molar-refractivity contribution >= 4 is 11.3 Å². The Kier molecular flexibility index (Phi) is 4.73. The van der Waals surface area contributed by atoms with E-state index in [0.717, 1.165) is 17.0 Å². The molecule has 2 aromatic rings. The van der Waals surface area contributed by atoms with Gasteiger partial charge in [-0.3, -0.25) is 4.79 Å². The number of hydrogen-bond acceptors (Lipinski definition) is 4. The number of aryl methyl sites for hydroxylation is 1. The molecule has 20 heavy (non-hydrogen) atoms. The molecular weight excluding hydrogens is 270 g/mol. The molecule has 0 spiro atoms. The third-order valence-electron chi connectivity index (χ3n) is 3.23. The minimum Gasteiger partial charge on any atom is -0.319 e. The number of thiophene rings is 1. The SMILES string of the molecule is CCCn1nc(C(C)C)cc(C(N)c2cccs2)c1=O. The van der Waals surface area contributed by atoms with E-state index in [-0.39, 0.29) is 17.5 Å². The van der Waals surface area contributed by atoms with Gasteiger partial charge in [0.05, 0.1) is 11.7 Å². The summed E-state index contributed by atoms with van der Waals surface area (Å²) in [6, 6.07) is 5.42. The van der Waals surface area contributed by atoms with Gasteiger partial charge in [0, 0.05) is 17.0 Å². The molecule has 0 bridgehead atoms. The molecule has 2 aromatic heterocycles. The summed E-state index contributed by atoms with van der Waals surface area (Å²) in [4.78, 5) is 13.5. The minimum absolute atomic E-state index is 0.0721. The predicted octanol–water partition coefficient (Wildman–Crippen LogP) is 2.89. The molecule has 2 heterocycles. The van der Waals surface area contributed by atoms with Crippen LogP contribution in [0.3, 0.4) is 0 Å². The van der Waals surface area contributed by atoms with Crippen LogP contribution >= 0.6 is 11.3 Å². The van der Waals surface area contributed by atoms with Crippen molar-refractivity contribution in [2.75, 3.05) is 0 Å². The molecule has 0 amide bonds. The normalized spacial score (nSPS) is 12.8. The average molecular weight is 291 g/mol. The number of nitrogens with two attached hydrogens (primary N) is 1. The highest BCUT2D eigenvalue weighted by Gasteiger charge is 2.18. The van der Waals surface area contributed by atoms with E-state index in [9.17, 15) is 4.79 Å². The Morgan fingerprint density at radius 2 is 2.20 bits per heavy atom. The molecule has 0 fully saturated rings. The molecule has 2 rings (SSSR count). The molecule has 0 saturated carbocycles. The lowest BCUT2D eigenvalue weighted by Crippen LogP contribution is -2.31. The predicted molar refractivity (Wildman–Crippen MR) is 83.2 cm³/mol. The van der Waals surface area contributed by atoms with Crippen molar-refractivity contribution in [1.29, 1.82) is 0 Å². The van der Waals surface area contributed by atoms with Gasteiger partial charge >= 0.3 is 0 Å². The van der Waals surface area contributed by atoms with Crippen molar-refractivity contribution in [1.82, 2.24) is 9.78 Å². The van der Waals surface area contributed by atoms with Gasteiger partial charge in [-0.15, -0.1) is 11.3 Å². The van der Waals surface area contributed by atoms with Gasteiger partial charge in [-0.25, -0.2) is 4.68 Å². The number of nitrogens with zero attached hydrogens (tertiary/aromatic N) is 2. The van der Waals surface area contributed by atoms with Gasteiger partial charge in [0.2, 0.25) is 0 Å². The van der Waals surface area contributed by atoms with Crippen LogP contribution in [0.25, 0.3) is 0 Å². The van der Waals surface area contributed by atoms with Gasteiger partial charge in [-0.05, 0) is 29.9 Å². The topological polar surface area (TPSA) is 60.9 Å². The molecule has 5 heteroatoms. The fourth-order valence-electron chi connectivity index (χ4n) is 2.07. The highest BCUT2D eigenvalue weighted by atomic mass is 32.1. The van der Waals surface area contributed by atoms with Crippen molar-refractivity contribution in [3.63, 3.8) is 0 Å². The number of hydrogen-bond donors (Lipinski definition) is 1. The fourth-order valence-corrected chi connectivity index (χ4v) is 2.82. The zero-order chi connectivity index (χ0) is 14.7. The first-order valence-corrected chi connectivity index (χ1v) is 7.83. The van der Waals surface area contributed by atoms with Gasteiger partial charge in [-0.2, -0.15) is 5.10 Å². The third kappa shape index (κ3) is 2.99. The first kappa shape index (κ1) is 14.9. The Balaban J connectivity index is 2.53. The van der Waals surface area contributed by atoms with Crippen molar-refractivity contribution in [3.8, 4) is 0 Å². The monoisotopic (exact) mass is 291 g/mol. The molecule has 0 radical (unpaired) electrons. The molecule has 0 saturated heterocycles. The van der Waals surface area contributed by atoms with E-state index in [4.69, 9.17) is 5.73 Å². The molecule has 2 N–H and O–H groups in total. The maximum atomic E-state index is 12.5. The first-order chi connectivity index (χ1) is 9.54. The molecular formula is C15H21N3OS. The first-order valence-electron chi connectivity index (χ1n) is 6.95. The lowest BCUT2D eigenvalue weighted by atomic mass is 10.0. The van der Waals surface area contributed by atoms with Crippen molar-refractivity contribution in [2.45, 2.75) is 45.7 Å². The lowest BCUT2D eigenvalue weighted by Gasteiger charge is -2.15. The van der Waals surface area contributed by atoms with E-state index < -0.39 is 0 Å². The Morgan fingerprint density at radius 3 is 2.75 bits per heavy atom. The highest BCUT2D eigenvalue weighted by Crippen LogP contribution is 2.23. The molecule has 4 nitrogen and oxygen atoms in total. The fraction of sp³-hybridized carbons (Fsp3) is 0.467. The van der Waals surface area contributed by atoms with Gasteiger partial charge in [0.15, 0.2) is 0 Å². The Bertz CT molecular complexity index is 617. The Labute approximate surface area is 123 Å². The van der Waals surface area contributed by atoms with E-state index in [0.29, 0.717) is 12.1 Å². The van der Waals surface area contributed by atoms with Gasteiger partial charge in [0.25, 0.3) is 5.56 Å². The number of rotatable bonds is 5. The summed E-state index contributed by atoms with van der Waals surface area (Å²) in [5.41, 5.74) is 7.75. The van der Waals surface area contributed by atoms with Crippen LogP contribution in [0.2, 0.25) is 0 Å². The summed E-state index contributed by atoms with van der Waals surface area (Å²) in [6.07, 6.45) is 0.877. The van der Waals surface area contributed by atoms with Crippen LogP contribution in [-0.4, -0.2) is 9.78 Å². The average Bonchev–Trinajstić information content (AvgIpc) is 2.94. The maximum absolute atomic E-state index is 12.5. The smallest absolute Gasteiger partial charge is 0.271 e. The van der Waals surface area contributed by atoms with Crippen LogP contribution in [0.1, 0.15) is 55.3 Å². The second-order valence-electron chi connectivity index (χ2n) is 5.20. The second-order valence-corrected chi connectivity index (χ2v) is 6.18. The summed E-state index contributed by atoms with van der Waals surface area (Å²) in [6.45, 7) is 6.81. The van der Waals surface area contributed by atoms with Gasteiger partial charge < -0.3 is 5.73 Å². The summed E-state index contributed by atoms with van der Waals surface area (Å²) in [5.74, 6) is 0.271. The van der Waals surface area contributed by atoms with E-state index >= 15 is 0 Å². The minimum atomic E-state index is -0.369. The van der Waals surface area contributed by atoms with E-state index in [1.807, 2.05) is 30.5 Å². The Hall–Kier alpha value is -1.46. The number of aromatic nitrogens is 2. The molecule has 1 atom stereocenters. The molecule has 0 aromatic carbocycles. The van der Waals surface area contributed by atoms with Gasteiger partial charge in [0.1, 0.15) is 0 Å². The van der Waals surface area contributed by atoms with E-state index in [1.165, 1.54) is 0 Å². The van der Waals surface area contributed by atoms with Gasteiger partial charge in [-0.1, -0.05) is 26.8 Å². The largest absolute Gasteiger partial charge is 0.319 e. The van der Waals surface area contributed by atoms with Crippen molar-refractivity contribution in [2.24, 2.45) is 5.73 Å². The summed E-state index contributed by atoms with van der Waals surface area (Å²) >= 11 is 1.57. The second kappa shape index (κ2) is 6.33. The van der Waals surface area contributed by atoms with E-state index in [2.05, 4.69) is 18.9 Å². The molecule has 0 aliphatic rings. The van der Waals surface area contributed by atoms with Crippen LogP contribution in [0.15, 0.2) is 28.4 Å². The molecule has 108 valence electrons. The van der Waals surface area contributed by atoms with Crippen LogP contribution < -0.4 is 11.3 Å². The zero-order valence-electron chi connectivity index (χ0n) is 12.2. The van der Waals surface area contributed by atoms with Crippen LogP contribution in [0, 0.1) is 0 Å². The molecule has 0 aliphatic carbocycles. The summed E-state index contributed by atoms with van der Waals surface area (Å²) in [5, 5.41) is 6.41. The standard InChI is InChI=1S/C15H21N3OS/c1-4-7-18-15(19)11(9-12(17-18)10(2)3)14(16)13-6-5-8-20-13/h5-6,8-10,14H,4,7,16H2,1-3H3. The highest BCUT2D eigenvalue weighted by molar-refractivity contribution is 7.10. The summed E-state index contributed by atoms with van der Waals surface area (Å²) in [7, 11) is 0. The van der Waals surface area contributed by atoms with Crippen molar-refractivity contribution < 1.29 is 0 Å². The molecule has 0 aliphatic heterocycles. The quantitative estimate of drug-likeness (QED) is 0.921.